The van der Waals surface area contributed by atoms with Crippen LogP contribution in [0.15, 0.2) is 0 Å². The van der Waals surface area contributed by atoms with Gasteiger partial charge in [0, 0.05) is 25.9 Å². The third-order valence-corrected chi connectivity index (χ3v) is 2.36. The van der Waals surface area contributed by atoms with E-state index >= 15 is 0 Å². The molecule has 1 saturated heterocycles. The van der Waals surface area contributed by atoms with Gasteiger partial charge in [0.05, 0.1) is 6.07 Å². The van der Waals surface area contributed by atoms with Gasteiger partial charge >= 0.3 is 0 Å². The number of nitriles is 1. The number of nitrogens with zero attached hydrogens (tertiary/aromatic N) is 2. The second-order valence-electron chi connectivity index (χ2n) is 3.26. The van der Waals surface area contributed by atoms with Crippen LogP contribution in [-0.2, 0) is 4.79 Å². The largest absolute Gasteiger partial charge is 0.343 e. The monoisotopic (exact) mass is 166 g/mol. The lowest BCUT2D eigenvalue weighted by Gasteiger charge is -2.17. The zero-order valence-electron chi connectivity index (χ0n) is 7.42. The Kier molecular flexibility index (Phi) is 3.09. The Bertz CT molecular complexity index is 207. The van der Waals surface area contributed by atoms with Gasteiger partial charge in [-0.1, -0.05) is 0 Å². The summed E-state index contributed by atoms with van der Waals surface area (Å²) in [7, 11) is 0. The first kappa shape index (κ1) is 9.05. The van der Waals surface area contributed by atoms with Gasteiger partial charge in [-0.3, -0.25) is 4.79 Å². The molecular weight excluding hydrogens is 152 g/mol. The maximum atomic E-state index is 11.0. The Morgan fingerprint density at radius 3 is 2.83 bits per heavy atom. The van der Waals surface area contributed by atoms with E-state index in [9.17, 15) is 4.79 Å². The molecule has 0 aromatic carbocycles. The minimum absolute atomic E-state index is 0.133. The maximum absolute atomic E-state index is 11.0. The fourth-order valence-corrected chi connectivity index (χ4v) is 1.54. The van der Waals surface area contributed by atoms with Crippen molar-refractivity contribution in [2.45, 2.75) is 26.2 Å². The van der Waals surface area contributed by atoms with Crippen LogP contribution in [-0.4, -0.2) is 23.9 Å². The second-order valence-corrected chi connectivity index (χ2v) is 3.26. The normalized spacial score (nSPS) is 24.3. The highest BCUT2D eigenvalue weighted by Crippen LogP contribution is 2.16. The predicted molar refractivity (Wildman–Crippen MR) is 45.2 cm³/mol. The van der Waals surface area contributed by atoms with Gasteiger partial charge < -0.3 is 4.90 Å². The molecule has 66 valence electrons. The maximum Gasteiger partial charge on any atom is 0.219 e. The summed E-state index contributed by atoms with van der Waals surface area (Å²) >= 11 is 0. The van der Waals surface area contributed by atoms with Gasteiger partial charge in [-0.05, 0) is 19.3 Å². The van der Waals surface area contributed by atoms with Gasteiger partial charge in [0.25, 0.3) is 0 Å². The average Bonchev–Trinajstić information content (AvgIpc) is 2.28. The van der Waals surface area contributed by atoms with E-state index < -0.39 is 0 Å². The Labute approximate surface area is 73.0 Å². The summed E-state index contributed by atoms with van der Waals surface area (Å²) in [6.45, 7) is 3.17. The summed E-state index contributed by atoms with van der Waals surface area (Å²) in [5.41, 5.74) is 0. The van der Waals surface area contributed by atoms with Gasteiger partial charge in [-0.25, -0.2) is 0 Å². The molecule has 3 heteroatoms. The summed E-state index contributed by atoms with van der Waals surface area (Å²) in [6, 6.07) is 2.27. The molecule has 1 rings (SSSR count). The van der Waals surface area contributed by atoms with E-state index in [1.807, 2.05) is 4.90 Å². The van der Waals surface area contributed by atoms with E-state index in [-0.39, 0.29) is 11.8 Å². The van der Waals surface area contributed by atoms with Crippen LogP contribution in [0.25, 0.3) is 0 Å². The van der Waals surface area contributed by atoms with Crippen molar-refractivity contribution in [3.05, 3.63) is 0 Å². The number of carbonyl (C=O) groups is 1. The van der Waals surface area contributed by atoms with Crippen LogP contribution in [0, 0.1) is 17.2 Å². The van der Waals surface area contributed by atoms with E-state index in [2.05, 4.69) is 6.07 Å². The van der Waals surface area contributed by atoms with Crippen molar-refractivity contribution >= 4 is 5.91 Å². The highest BCUT2D eigenvalue weighted by atomic mass is 16.2. The fraction of sp³-hybridized carbons (Fsp3) is 0.778. The van der Waals surface area contributed by atoms with E-state index in [1.165, 1.54) is 0 Å². The Morgan fingerprint density at radius 1 is 1.50 bits per heavy atom. The lowest BCUT2D eigenvalue weighted by atomic mass is 10.0. The third-order valence-electron chi connectivity index (χ3n) is 2.36. The SMILES string of the molecule is CC(=O)N1CCCC(C#N)CC1. The molecule has 0 saturated carbocycles. The molecule has 12 heavy (non-hydrogen) atoms. The number of hydrogen-bond acceptors (Lipinski definition) is 2. The zero-order valence-corrected chi connectivity index (χ0v) is 7.42. The molecule has 0 spiro atoms. The molecule has 0 aliphatic carbocycles. The predicted octanol–water partition coefficient (Wildman–Crippen LogP) is 1.16. The first-order valence-corrected chi connectivity index (χ1v) is 4.39. The van der Waals surface area contributed by atoms with Crippen LogP contribution >= 0.6 is 0 Å². The highest BCUT2D eigenvalue weighted by Gasteiger charge is 2.17. The average molecular weight is 166 g/mol. The minimum atomic E-state index is 0.133. The summed E-state index contributed by atoms with van der Waals surface area (Å²) in [6.07, 6.45) is 2.76. The summed E-state index contributed by atoms with van der Waals surface area (Å²) in [5.74, 6) is 0.294. The molecule has 1 atom stereocenters. The summed E-state index contributed by atoms with van der Waals surface area (Å²) in [5, 5.41) is 8.69. The van der Waals surface area contributed by atoms with Crippen molar-refractivity contribution in [2.24, 2.45) is 5.92 Å². The Balaban J connectivity index is 2.45. The molecule has 1 fully saturated rings. The summed E-state index contributed by atoms with van der Waals surface area (Å²) in [4.78, 5) is 12.8. The zero-order chi connectivity index (χ0) is 8.97. The number of rotatable bonds is 0. The number of carbonyl (C=O) groups excluding carboxylic acids is 1. The van der Waals surface area contributed by atoms with Crippen LogP contribution in [0.1, 0.15) is 26.2 Å². The lowest BCUT2D eigenvalue weighted by Crippen LogP contribution is -2.29. The molecule has 1 amide bonds. The van der Waals surface area contributed by atoms with E-state index in [0.29, 0.717) is 0 Å². The second kappa shape index (κ2) is 4.10. The van der Waals surface area contributed by atoms with Crippen LogP contribution in [0.5, 0.6) is 0 Å². The van der Waals surface area contributed by atoms with Crippen molar-refractivity contribution < 1.29 is 4.79 Å². The lowest BCUT2D eigenvalue weighted by molar-refractivity contribution is -0.128. The molecule has 0 aromatic rings. The van der Waals surface area contributed by atoms with E-state index in [1.54, 1.807) is 6.92 Å². The van der Waals surface area contributed by atoms with Crippen LogP contribution in [0.2, 0.25) is 0 Å². The minimum Gasteiger partial charge on any atom is -0.343 e. The molecule has 1 heterocycles. The highest BCUT2D eigenvalue weighted by molar-refractivity contribution is 5.73. The van der Waals surface area contributed by atoms with Crippen LogP contribution in [0.4, 0.5) is 0 Å². The first-order valence-electron chi connectivity index (χ1n) is 4.39. The van der Waals surface area contributed by atoms with Crippen molar-refractivity contribution in [1.82, 2.24) is 4.90 Å². The van der Waals surface area contributed by atoms with Crippen molar-refractivity contribution in [1.29, 1.82) is 5.26 Å². The van der Waals surface area contributed by atoms with Crippen molar-refractivity contribution in [3.8, 4) is 6.07 Å². The molecule has 0 aromatic heterocycles. The fourth-order valence-electron chi connectivity index (χ4n) is 1.54. The smallest absolute Gasteiger partial charge is 0.219 e. The molecule has 0 N–H and O–H groups in total. The van der Waals surface area contributed by atoms with Crippen molar-refractivity contribution in [3.63, 3.8) is 0 Å². The molecule has 0 radical (unpaired) electrons. The third kappa shape index (κ3) is 2.23. The van der Waals surface area contributed by atoms with Crippen molar-refractivity contribution in [2.75, 3.05) is 13.1 Å². The van der Waals surface area contributed by atoms with Gasteiger partial charge in [0.1, 0.15) is 0 Å². The first-order chi connectivity index (χ1) is 5.74. The number of likely N-dealkylation sites (tertiary alicyclic amines) is 1. The number of amides is 1. The molecular formula is C9H14N2O. The molecule has 0 bridgehead atoms. The van der Waals surface area contributed by atoms with E-state index in [0.717, 1.165) is 32.4 Å². The van der Waals surface area contributed by atoms with Gasteiger partial charge in [-0.2, -0.15) is 5.26 Å². The molecule has 1 unspecified atom stereocenters. The van der Waals surface area contributed by atoms with Gasteiger partial charge in [0.2, 0.25) is 5.91 Å². The quantitative estimate of drug-likeness (QED) is 0.542. The van der Waals surface area contributed by atoms with Gasteiger partial charge in [0.15, 0.2) is 0 Å². The van der Waals surface area contributed by atoms with Crippen LogP contribution in [0.3, 0.4) is 0 Å². The molecule has 1 aliphatic rings. The topological polar surface area (TPSA) is 44.1 Å². The molecule has 3 nitrogen and oxygen atoms in total. The standard InChI is InChI=1S/C9H14N2O/c1-8(12)11-5-2-3-9(7-10)4-6-11/h9H,2-6H2,1H3. The number of hydrogen-bond donors (Lipinski definition) is 0. The summed E-state index contributed by atoms with van der Waals surface area (Å²) < 4.78 is 0. The Morgan fingerprint density at radius 2 is 2.25 bits per heavy atom. The van der Waals surface area contributed by atoms with Crippen LogP contribution < -0.4 is 0 Å². The van der Waals surface area contributed by atoms with Gasteiger partial charge in [-0.15, -0.1) is 0 Å². The molecule has 1 aliphatic heterocycles. The van der Waals surface area contributed by atoms with E-state index in [4.69, 9.17) is 5.26 Å². The Hall–Kier alpha value is -1.04.